The molecule has 0 saturated carbocycles. The van der Waals surface area contributed by atoms with Crippen molar-refractivity contribution in [2.75, 3.05) is 0 Å². The van der Waals surface area contributed by atoms with Gasteiger partial charge in [-0.05, 0) is 0 Å². The standard InChI is InChI=1S/C18H17.C13H11O.2ClH.Ti/c1-12-10-13(2)18(14(12)3)17-9-8-15-6-4-5-7-16(15)11-17;14-13(11-7-3-1-4-8-11)12-9-5-2-6-10-12;;;/h4-10,13H,1-3H3;1-10,13H;2*1H;/q;-1;;;+3/p-2. The minimum atomic E-state index is -0.890. The van der Waals surface area contributed by atoms with Gasteiger partial charge in [0.15, 0.2) is 0 Å². The molecule has 0 spiro atoms. The fourth-order valence-electron chi connectivity index (χ4n) is 4.89. The predicted molar refractivity (Wildman–Crippen MR) is 135 cm³/mol. The molecule has 4 aromatic rings. The summed E-state index contributed by atoms with van der Waals surface area (Å²) in [5.74, 6) is 0.426. The molecule has 0 saturated heterocycles. The number of hydrogen-bond acceptors (Lipinski definition) is 1. The normalized spacial score (nSPS) is 14.9. The molecule has 0 N–H and O–H groups in total. The Balaban J connectivity index is 0.00000171. The Labute approximate surface area is 230 Å². The average Bonchev–Trinajstić information content (AvgIpc) is 3.11. The van der Waals surface area contributed by atoms with E-state index in [1.54, 1.807) is 0 Å². The van der Waals surface area contributed by atoms with Crippen molar-refractivity contribution < 1.29 is 47.7 Å². The van der Waals surface area contributed by atoms with Gasteiger partial charge in [0.2, 0.25) is 0 Å². The molecule has 1 nitrogen and oxygen atoms in total. The molecule has 4 heteroatoms. The smallest absolute Gasteiger partial charge is 1.00 e. The van der Waals surface area contributed by atoms with Gasteiger partial charge in [0.05, 0.1) is 0 Å². The van der Waals surface area contributed by atoms with Crippen LogP contribution in [0.3, 0.4) is 0 Å². The molecule has 1 atom stereocenters. The number of benzene rings is 4. The zero-order chi connectivity index (χ0) is 22.8. The molecule has 1 aliphatic rings. The fourth-order valence-corrected chi connectivity index (χ4v) is 6.72. The molecular formula is C31H28Cl2OTi. The quantitative estimate of drug-likeness (QED) is 0.342. The third kappa shape index (κ3) is 5.66. The zero-order valence-corrected chi connectivity index (χ0v) is 23.2. The van der Waals surface area contributed by atoms with Crippen LogP contribution in [0.15, 0.2) is 114 Å². The Morgan fingerprint density at radius 1 is 0.714 bits per heavy atom. The van der Waals surface area contributed by atoms with Crippen molar-refractivity contribution in [2.24, 2.45) is 5.92 Å². The van der Waals surface area contributed by atoms with Gasteiger partial charge in [-0.2, -0.15) is 0 Å². The maximum atomic E-state index is 6.89. The van der Waals surface area contributed by atoms with Crippen molar-refractivity contribution in [2.45, 2.75) is 26.9 Å². The van der Waals surface area contributed by atoms with Crippen molar-refractivity contribution in [3.05, 3.63) is 131 Å². The number of hydrogen-bond donors (Lipinski definition) is 0. The van der Waals surface area contributed by atoms with E-state index in [9.17, 15) is 0 Å². The summed E-state index contributed by atoms with van der Waals surface area (Å²) in [6, 6.07) is 34.6. The van der Waals surface area contributed by atoms with Crippen LogP contribution in [0.5, 0.6) is 0 Å². The van der Waals surface area contributed by atoms with Crippen molar-refractivity contribution in [1.29, 1.82) is 0 Å². The van der Waals surface area contributed by atoms with Gasteiger partial charge in [-0.25, -0.2) is 0 Å². The second-order valence-electron chi connectivity index (χ2n) is 8.81. The summed E-state index contributed by atoms with van der Waals surface area (Å²) in [5.41, 5.74) is 8.04. The van der Waals surface area contributed by atoms with E-state index in [0.717, 1.165) is 0 Å². The molecule has 5 rings (SSSR count). The number of halogens is 2. The minimum absolute atomic E-state index is 0. The Bertz CT molecular complexity index is 1310. The molecule has 0 radical (unpaired) electrons. The summed E-state index contributed by atoms with van der Waals surface area (Å²) in [4.78, 5) is 0. The van der Waals surface area contributed by atoms with E-state index in [0.29, 0.717) is 5.92 Å². The summed E-state index contributed by atoms with van der Waals surface area (Å²) in [6.45, 7) is 6.81. The van der Waals surface area contributed by atoms with Crippen molar-refractivity contribution >= 4 is 20.2 Å². The van der Waals surface area contributed by atoms with Crippen LogP contribution in [-0.4, -0.2) is 0 Å². The van der Waals surface area contributed by atoms with Gasteiger partial charge in [-0.3, -0.25) is 0 Å². The van der Waals surface area contributed by atoms with Crippen LogP contribution >= 0.6 is 0 Å². The van der Waals surface area contributed by atoms with Gasteiger partial charge in [0.1, 0.15) is 0 Å². The SMILES string of the molecule is CC1=CC(C)C(c2ccc3ccccc3[c]2[Ti+2][O]C(c2ccccc2)c2ccccc2)=C1C.[Cl-].[Cl-]. The van der Waals surface area contributed by atoms with Gasteiger partial charge in [0.25, 0.3) is 0 Å². The van der Waals surface area contributed by atoms with Gasteiger partial charge in [-0.15, -0.1) is 0 Å². The number of fused-ring (bicyclic) bond motifs is 1. The maximum absolute atomic E-state index is 6.89. The van der Waals surface area contributed by atoms with Crippen molar-refractivity contribution in [1.82, 2.24) is 0 Å². The topological polar surface area (TPSA) is 9.23 Å². The first-order valence-electron chi connectivity index (χ1n) is 11.6. The monoisotopic (exact) mass is 534 g/mol. The van der Waals surface area contributed by atoms with Crippen LogP contribution in [0.25, 0.3) is 16.3 Å². The first-order chi connectivity index (χ1) is 16.1. The van der Waals surface area contributed by atoms with Crippen LogP contribution in [0.2, 0.25) is 0 Å². The molecule has 1 unspecified atom stereocenters. The molecule has 0 aliphatic heterocycles. The Kier molecular flexibility index (Phi) is 9.58. The first kappa shape index (κ1) is 27.5. The van der Waals surface area contributed by atoms with Gasteiger partial charge < -0.3 is 24.8 Å². The molecule has 1 aliphatic carbocycles. The third-order valence-corrected chi connectivity index (χ3v) is 8.37. The third-order valence-electron chi connectivity index (χ3n) is 6.65. The largest absolute Gasteiger partial charge is 1.00 e. The van der Waals surface area contributed by atoms with E-state index in [-0.39, 0.29) is 30.9 Å². The maximum Gasteiger partial charge on any atom is -1.00 e. The van der Waals surface area contributed by atoms with E-state index in [1.807, 2.05) is 0 Å². The summed E-state index contributed by atoms with van der Waals surface area (Å²) in [6.07, 6.45) is 2.33. The van der Waals surface area contributed by atoms with Crippen LogP contribution in [-0.2, 0) is 22.9 Å². The molecule has 0 aromatic heterocycles. The molecule has 0 bridgehead atoms. The van der Waals surface area contributed by atoms with Crippen molar-refractivity contribution in [3.63, 3.8) is 0 Å². The molecule has 0 amide bonds. The van der Waals surface area contributed by atoms with Crippen LogP contribution in [0.4, 0.5) is 0 Å². The van der Waals surface area contributed by atoms with Gasteiger partial charge >= 0.3 is 207 Å². The Hall–Kier alpha value is -2.13. The van der Waals surface area contributed by atoms with Crippen molar-refractivity contribution in [3.8, 4) is 0 Å². The van der Waals surface area contributed by atoms with Gasteiger partial charge in [-0.1, -0.05) is 0 Å². The van der Waals surface area contributed by atoms with Crippen LogP contribution in [0, 0.1) is 5.92 Å². The van der Waals surface area contributed by atoms with E-state index in [2.05, 4.69) is 124 Å². The summed E-state index contributed by atoms with van der Waals surface area (Å²) < 4.78 is 8.29. The number of rotatable bonds is 6. The Morgan fingerprint density at radius 2 is 1.29 bits per heavy atom. The Morgan fingerprint density at radius 3 is 1.86 bits per heavy atom. The van der Waals surface area contributed by atoms with E-state index in [4.69, 9.17) is 3.32 Å². The minimum Gasteiger partial charge on any atom is -1.00 e. The van der Waals surface area contributed by atoms with E-state index < -0.39 is 19.5 Å². The molecule has 4 aromatic carbocycles. The predicted octanol–water partition coefficient (Wildman–Crippen LogP) is 1.65. The summed E-state index contributed by atoms with van der Waals surface area (Å²) in [5, 5.41) is 2.61. The van der Waals surface area contributed by atoms with E-state index in [1.165, 1.54) is 48.1 Å². The van der Waals surface area contributed by atoms with Gasteiger partial charge in [0, 0.05) is 0 Å². The fraction of sp³-hybridized carbons (Fsp3) is 0.161. The number of allylic oxidation sites excluding steroid dienone is 4. The average molecular weight is 535 g/mol. The molecule has 0 heterocycles. The van der Waals surface area contributed by atoms with Crippen LogP contribution < -0.4 is 28.7 Å². The zero-order valence-electron chi connectivity index (χ0n) is 20.1. The molecule has 176 valence electrons. The molecule has 35 heavy (non-hydrogen) atoms. The second kappa shape index (κ2) is 12.2. The molecule has 0 fully saturated rings. The van der Waals surface area contributed by atoms with Crippen LogP contribution in [0.1, 0.15) is 43.6 Å². The molecular weight excluding hydrogens is 507 g/mol. The van der Waals surface area contributed by atoms with E-state index >= 15 is 0 Å². The summed E-state index contributed by atoms with van der Waals surface area (Å²) in [7, 11) is 0. The summed E-state index contributed by atoms with van der Waals surface area (Å²) >= 11 is -0.890. The second-order valence-corrected chi connectivity index (χ2v) is 10.3. The first-order valence-corrected chi connectivity index (χ1v) is 13.0.